The molecule has 0 aliphatic carbocycles. The molecule has 0 amide bonds. The van der Waals surface area contributed by atoms with Crippen molar-refractivity contribution in [3.8, 4) is 0 Å². The van der Waals surface area contributed by atoms with Gasteiger partial charge in [-0.3, -0.25) is 0 Å². The number of aromatic nitrogens is 2. The second-order valence-corrected chi connectivity index (χ2v) is 3.43. The Balaban J connectivity index is 2.78. The number of hydrogen-bond donors (Lipinski definition) is 0. The Bertz CT molecular complexity index is 326. The quantitative estimate of drug-likeness (QED) is 0.434. The molecule has 14 heavy (non-hydrogen) atoms. The fourth-order valence-corrected chi connectivity index (χ4v) is 1.32. The summed E-state index contributed by atoms with van der Waals surface area (Å²) in [6.45, 7) is 4.59. The molecular formula is C10H14N2OS. The van der Waals surface area contributed by atoms with E-state index in [1.54, 1.807) is 18.0 Å². The molecule has 1 aromatic heterocycles. The van der Waals surface area contributed by atoms with E-state index in [1.165, 1.54) is 0 Å². The van der Waals surface area contributed by atoms with E-state index >= 15 is 0 Å². The van der Waals surface area contributed by atoms with Crippen molar-refractivity contribution in [2.75, 3.05) is 12.9 Å². The predicted octanol–water partition coefficient (Wildman–Crippen LogP) is 2.51. The molecule has 0 saturated carbocycles. The minimum atomic E-state index is 0.680. The Hall–Kier alpha value is -1.03. The smallest absolute Gasteiger partial charge is 0.187 e. The van der Waals surface area contributed by atoms with Gasteiger partial charge in [0, 0.05) is 17.5 Å². The van der Waals surface area contributed by atoms with Crippen LogP contribution in [0.1, 0.15) is 18.2 Å². The molecule has 1 heterocycles. The average Bonchev–Trinajstić information content (AvgIpc) is 2.20. The molecule has 0 unspecified atom stereocenters. The Morgan fingerprint density at radius 3 is 2.93 bits per heavy atom. The Morgan fingerprint density at radius 1 is 1.57 bits per heavy atom. The van der Waals surface area contributed by atoms with Crippen LogP contribution in [0.15, 0.2) is 17.6 Å². The molecule has 0 aliphatic rings. The lowest BCUT2D eigenvalue weighted by molar-refractivity contribution is 0.272. The van der Waals surface area contributed by atoms with Gasteiger partial charge < -0.3 is 4.74 Å². The first-order valence-corrected chi connectivity index (χ1v) is 5.66. The highest BCUT2D eigenvalue weighted by Crippen LogP contribution is 2.12. The minimum Gasteiger partial charge on any atom is -0.501 e. The monoisotopic (exact) mass is 210 g/mol. The number of thioether (sulfide) groups is 1. The van der Waals surface area contributed by atoms with Gasteiger partial charge in [-0.15, -0.1) is 0 Å². The first-order valence-electron chi connectivity index (χ1n) is 4.43. The summed E-state index contributed by atoms with van der Waals surface area (Å²) in [6, 6.07) is 0. The summed E-state index contributed by atoms with van der Waals surface area (Å²) in [5.41, 5.74) is 1.97. The largest absolute Gasteiger partial charge is 0.501 e. The molecule has 1 aromatic rings. The normalized spacial score (nSPS) is 10.8. The van der Waals surface area contributed by atoms with E-state index < -0.39 is 0 Å². The lowest BCUT2D eigenvalue weighted by Gasteiger charge is -2.00. The first-order chi connectivity index (χ1) is 6.77. The lowest BCUT2D eigenvalue weighted by Crippen LogP contribution is -1.92. The minimum absolute atomic E-state index is 0.680. The number of hydrogen-bond acceptors (Lipinski definition) is 4. The van der Waals surface area contributed by atoms with Gasteiger partial charge in [-0.05, 0) is 26.2 Å². The molecule has 4 heteroatoms. The highest BCUT2D eigenvalue weighted by atomic mass is 32.2. The third-order valence-corrected chi connectivity index (χ3v) is 2.25. The number of aryl methyl sites for hydroxylation is 1. The molecule has 0 bridgehead atoms. The van der Waals surface area contributed by atoms with Crippen LogP contribution in [0, 0.1) is 6.92 Å². The van der Waals surface area contributed by atoms with Crippen molar-refractivity contribution in [2.45, 2.75) is 19.0 Å². The van der Waals surface area contributed by atoms with E-state index in [1.807, 2.05) is 32.4 Å². The van der Waals surface area contributed by atoms with Crippen molar-refractivity contribution in [1.82, 2.24) is 9.97 Å². The van der Waals surface area contributed by atoms with E-state index in [4.69, 9.17) is 4.74 Å². The Kier molecular flexibility index (Phi) is 4.46. The van der Waals surface area contributed by atoms with Crippen molar-refractivity contribution in [1.29, 1.82) is 0 Å². The number of nitrogens with zero attached hydrogens (tertiary/aromatic N) is 2. The molecule has 0 spiro atoms. The molecule has 1 rings (SSSR count). The molecule has 0 N–H and O–H groups in total. The van der Waals surface area contributed by atoms with Gasteiger partial charge in [-0.25, -0.2) is 9.97 Å². The van der Waals surface area contributed by atoms with Crippen molar-refractivity contribution >= 4 is 17.8 Å². The Morgan fingerprint density at radius 2 is 2.36 bits per heavy atom. The molecule has 76 valence electrons. The van der Waals surface area contributed by atoms with E-state index in [0.717, 1.165) is 16.4 Å². The van der Waals surface area contributed by atoms with Gasteiger partial charge in [0.1, 0.15) is 0 Å². The third kappa shape index (κ3) is 3.03. The van der Waals surface area contributed by atoms with E-state index in [9.17, 15) is 0 Å². The maximum atomic E-state index is 5.11. The number of rotatable bonds is 4. The summed E-state index contributed by atoms with van der Waals surface area (Å²) in [4.78, 5) is 8.50. The van der Waals surface area contributed by atoms with Crippen LogP contribution in [0.3, 0.4) is 0 Å². The maximum absolute atomic E-state index is 5.11. The zero-order valence-electron chi connectivity index (χ0n) is 8.65. The zero-order valence-corrected chi connectivity index (χ0v) is 9.47. The second-order valence-electron chi connectivity index (χ2n) is 2.66. The highest BCUT2D eigenvalue weighted by Gasteiger charge is 1.98. The molecule has 0 fully saturated rings. The first kappa shape index (κ1) is 11.0. The molecule has 0 aromatic carbocycles. The standard InChI is InChI=1S/C10H14N2OS/c1-4-13-6-5-9-7-11-10(14-3)12-8(9)2/h5-7H,4H2,1-3H3/b6-5+. The van der Waals surface area contributed by atoms with Crippen LogP contribution < -0.4 is 0 Å². The molecule has 3 nitrogen and oxygen atoms in total. The lowest BCUT2D eigenvalue weighted by atomic mass is 10.2. The summed E-state index contributed by atoms with van der Waals surface area (Å²) < 4.78 is 5.11. The third-order valence-electron chi connectivity index (χ3n) is 1.69. The SMILES string of the molecule is CCO/C=C/c1cnc(SC)nc1C. The van der Waals surface area contributed by atoms with Crippen molar-refractivity contribution < 1.29 is 4.74 Å². The second kappa shape index (κ2) is 5.65. The van der Waals surface area contributed by atoms with Crippen molar-refractivity contribution in [3.05, 3.63) is 23.7 Å². The predicted molar refractivity (Wildman–Crippen MR) is 59.2 cm³/mol. The van der Waals surface area contributed by atoms with Crippen LogP contribution in [-0.2, 0) is 4.74 Å². The van der Waals surface area contributed by atoms with Gasteiger partial charge >= 0.3 is 0 Å². The van der Waals surface area contributed by atoms with Crippen LogP contribution in [0.5, 0.6) is 0 Å². The fourth-order valence-electron chi connectivity index (χ4n) is 0.935. The average molecular weight is 210 g/mol. The summed E-state index contributed by atoms with van der Waals surface area (Å²) in [6.07, 6.45) is 7.32. The van der Waals surface area contributed by atoms with Gasteiger partial charge in [0.15, 0.2) is 5.16 Å². The van der Waals surface area contributed by atoms with Crippen LogP contribution in [0.25, 0.3) is 6.08 Å². The van der Waals surface area contributed by atoms with Gasteiger partial charge in [0.05, 0.1) is 12.9 Å². The summed E-state index contributed by atoms with van der Waals surface area (Å²) >= 11 is 1.54. The van der Waals surface area contributed by atoms with Crippen molar-refractivity contribution in [2.24, 2.45) is 0 Å². The van der Waals surface area contributed by atoms with Gasteiger partial charge in [-0.2, -0.15) is 0 Å². The fraction of sp³-hybridized carbons (Fsp3) is 0.400. The summed E-state index contributed by atoms with van der Waals surface area (Å²) in [7, 11) is 0. The molecule has 0 atom stereocenters. The van der Waals surface area contributed by atoms with E-state index in [2.05, 4.69) is 9.97 Å². The van der Waals surface area contributed by atoms with Crippen LogP contribution in [-0.4, -0.2) is 22.8 Å². The summed E-state index contributed by atoms with van der Waals surface area (Å²) in [5, 5.41) is 0.802. The Labute approximate surface area is 88.6 Å². The van der Waals surface area contributed by atoms with Gasteiger partial charge in [-0.1, -0.05) is 11.8 Å². The van der Waals surface area contributed by atoms with Gasteiger partial charge in [0.2, 0.25) is 0 Å². The molecule has 0 aliphatic heterocycles. The van der Waals surface area contributed by atoms with E-state index in [-0.39, 0.29) is 0 Å². The van der Waals surface area contributed by atoms with Crippen LogP contribution in [0.4, 0.5) is 0 Å². The molecule has 0 radical (unpaired) electrons. The van der Waals surface area contributed by atoms with Crippen molar-refractivity contribution in [3.63, 3.8) is 0 Å². The van der Waals surface area contributed by atoms with Crippen LogP contribution in [0.2, 0.25) is 0 Å². The van der Waals surface area contributed by atoms with Crippen LogP contribution >= 0.6 is 11.8 Å². The van der Waals surface area contributed by atoms with Gasteiger partial charge in [0.25, 0.3) is 0 Å². The molecule has 0 saturated heterocycles. The maximum Gasteiger partial charge on any atom is 0.187 e. The highest BCUT2D eigenvalue weighted by molar-refractivity contribution is 7.98. The number of ether oxygens (including phenoxy) is 1. The van der Waals surface area contributed by atoms with E-state index in [0.29, 0.717) is 6.61 Å². The zero-order chi connectivity index (χ0) is 10.4. The molecular weight excluding hydrogens is 196 g/mol. The topological polar surface area (TPSA) is 35.0 Å². The summed E-state index contributed by atoms with van der Waals surface area (Å²) in [5.74, 6) is 0.